The van der Waals surface area contributed by atoms with Gasteiger partial charge in [0.15, 0.2) is 0 Å². The summed E-state index contributed by atoms with van der Waals surface area (Å²) in [6.07, 6.45) is 3.36. The van der Waals surface area contributed by atoms with Crippen molar-refractivity contribution < 1.29 is 5.11 Å². The second kappa shape index (κ2) is 6.41. The Hall–Kier alpha value is -0.120. The van der Waals surface area contributed by atoms with Gasteiger partial charge in [0.2, 0.25) is 0 Å². The van der Waals surface area contributed by atoms with Crippen molar-refractivity contribution in [1.29, 1.82) is 0 Å². The molecule has 0 radical (unpaired) electrons. The van der Waals surface area contributed by atoms with E-state index < -0.39 is 5.60 Å². The summed E-state index contributed by atoms with van der Waals surface area (Å²) in [5.74, 6) is 0.784. The van der Waals surface area contributed by atoms with Crippen LogP contribution in [0.2, 0.25) is 0 Å². The molecule has 0 aromatic carbocycles. The Labute approximate surface area is 138 Å². The summed E-state index contributed by atoms with van der Waals surface area (Å²) in [7, 11) is 0. The van der Waals surface area contributed by atoms with E-state index in [9.17, 15) is 5.11 Å². The SMILES string of the molecule is CCN1CCC(C(C)(C)CCC(C)(O)CN2CC(C)(C)C2)C1. The van der Waals surface area contributed by atoms with Gasteiger partial charge in [-0.05, 0) is 56.0 Å². The van der Waals surface area contributed by atoms with Crippen molar-refractivity contribution in [3.63, 3.8) is 0 Å². The molecule has 3 nitrogen and oxygen atoms in total. The lowest BCUT2D eigenvalue weighted by molar-refractivity contribution is -0.0557. The highest BCUT2D eigenvalue weighted by Gasteiger charge is 2.39. The standard InChI is InChI=1S/C19H38N2O/c1-7-20-11-8-16(12-20)18(4,5)9-10-19(6,22)15-21-13-17(2,3)14-21/h16,22H,7-15H2,1-6H3. The number of nitrogens with zero attached hydrogens (tertiary/aromatic N) is 2. The molecule has 0 amide bonds. The van der Waals surface area contributed by atoms with Crippen LogP contribution in [0, 0.1) is 16.7 Å². The first-order valence-electron chi connectivity index (χ1n) is 9.20. The van der Waals surface area contributed by atoms with Gasteiger partial charge in [0.1, 0.15) is 0 Å². The van der Waals surface area contributed by atoms with E-state index in [0.717, 1.165) is 38.4 Å². The molecule has 2 atom stereocenters. The molecular formula is C19H38N2O. The van der Waals surface area contributed by atoms with Crippen molar-refractivity contribution in [3.8, 4) is 0 Å². The summed E-state index contributed by atoms with van der Waals surface area (Å²) in [6.45, 7) is 20.5. The smallest absolute Gasteiger partial charge is 0.0746 e. The third-order valence-electron chi connectivity index (χ3n) is 6.00. The third kappa shape index (κ3) is 4.69. The second-order valence-electron chi connectivity index (χ2n) is 9.67. The Morgan fingerprint density at radius 1 is 1.09 bits per heavy atom. The molecule has 2 saturated heterocycles. The zero-order valence-corrected chi connectivity index (χ0v) is 15.8. The van der Waals surface area contributed by atoms with Gasteiger partial charge in [0, 0.05) is 26.2 Å². The van der Waals surface area contributed by atoms with E-state index in [1.54, 1.807) is 0 Å². The fourth-order valence-electron chi connectivity index (χ4n) is 4.39. The Bertz CT molecular complexity index is 368. The minimum Gasteiger partial charge on any atom is -0.389 e. The molecule has 0 spiro atoms. The van der Waals surface area contributed by atoms with Crippen LogP contribution >= 0.6 is 0 Å². The average molecular weight is 311 g/mol. The Morgan fingerprint density at radius 2 is 1.73 bits per heavy atom. The van der Waals surface area contributed by atoms with Gasteiger partial charge in [0.05, 0.1) is 5.60 Å². The zero-order chi connectivity index (χ0) is 16.6. The first-order chi connectivity index (χ1) is 10.0. The van der Waals surface area contributed by atoms with Crippen LogP contribution in [-0.2, 0) is 0 Å². The number of β-amino-alcohol motifs (C(OH)–C–C–N with tert-alkyl or cyclic N) is 1. The van der Waals surface area contributed by atoms with Crippen molar-refractivity contribution in [2.24, 2.45) is 16.7 Å². The minimum absolute atomic E-state index is 0.335. The molecule has 0 saturated carbocycles. The molecule has 130 valence electrons. The van der Waals surface area contributed by atoms with Crippen LogP contribution in [0.15, 0.2) is 0 Å². The summed E-state index contributed by atoms with van der Waals surface area (Å²) in [5.41, 5.74) is 0.238. The van der Waals surface area contributed by atoms with E-state index >= 15 is 0 Å². The summed E-state index contributed by atoms with van der Waals surface area (Å²) in [6, 6.07) is 0. The van der Waals surface area contributed by atoms with Gasteiger partial charge in [-0.3, -0.25) is 4.90 Å². The molecule has 2 aliphatic rings. The van der Waals surface area contributed by atoms with Crippen molar-refractivity contribution in [3.05, 3.63) is 0 Å². The molecular weight excluding hydrogens is 272 g/mol. The molecule has 2 rings (SSSR count). The average Bonchev–Trinajstić information content (AvgIpc) is 2.83. The molecule has 22 heavy (non-hydrogen) atoms. The van der Waals surface area contributed by atoms with E-state index in [1.165, 1.54) is 26.1 Å². The number of hydrogen-bond acceptors (Lipinski definition) is 3. The first-order valence-corrected chi connectivity index (χ1v) is 9.20. The van der Waals surface area contributed by atoms with Crippen LogP contribution < -0.4 is 0 Å². The Kier molecular flexibility index (Phi) is 5.31. The maximum Gasteiger partial charge on any atom is 0.0746 e. The van der Waals surface area contributed by atoms with E-state index in [1.807, 2.05) is 6.92 Å². The van der Waals surface area contributed by atoms with Crippen molar-refractivity contribution in [1.82, 2.24) is 9.80 Å². The van der Waals surface area contributed by atoms with Gasteiger partial charge in [0.25, 0.3) is 0 Å². The first kappa shape index (κ1) is 18.2. The second-order valence-corrected chi connectivity index (χ2v) is 9.67. The van der Waals surface area contributed by atoms with E-state index in [0.29, 0.717) is 10.8 Å². The molecule has 1 N–H and O–H groups in total. The normalized spacial score (nSPS) is 29.3. The van der Waals surface area contributed by atoms with Gasteiger partial charge in [-0.1, -0.05) is 34.6 Å². The molecule has 2 unspecified atom stereocenters. The van der Waals surface area contributed by atoms with Gasteiger partial charge in [-0.2, -0.15) is 0 Å². The maximum absolute atomic E-state index is 10.8. The molecule has 2 fully saturated rings. The highest BCUT2D eigenvalue weighted by Crippen LogP contribution is 2.40. The van der Waals surface area contributed by atoms with Gasteiger partial charge in [-0.15, -0.1) is 0 Å². The number of rotatable bonds is 7. The molecule has 0 aliphatic carbocycles. The van der Waals surface area contributed by atoms with Crippen LogP contribution in [0.1, 0.15) is 60.8 Å². The largest absolute Gasteiger partial charge is 0.389 e. The molecule has 2 heterocycles. The fourth-order valence-corrected chi connectivity index (χ4v) is 4.39. The minimum atomic E-state index is -0.545. The molecule has 0 aromatic rings. The molecule has 0 aromatic heterocycles. The summed E-state index contributed by atoms with van der Waals surface area (Å²) in [4.78, 5) is 4.97. The molecule has 3 heteroatoms. The van der Waals surface area contributed by atoms with Gasteiger partial charge >= 0.3 is 0 Å². The van der Waals surface area contributed by atoms with Crippen molar-refractivity contribution in [2.75, 3.05) is 39.3 Å². The van der Waals surface area contributed by atoms with Crippen LogP contribution in [0.3, 0.4) is 0 Å². The van der Waals surface area contributed by atoms with E-state index in [-0.39, 0.29) is 0 Å². The van der Waals surface area contributed by atoms with Gasteiger partial charge in [-0.25, -0.2) is 0 Å². The number of aliphatic hydroxyl groups is 1. The Balaban J connectivity index is 1.78. The lowest BCUT2D eigenvalue weighted by atomic mass is 9.73. The van der Waals surface area contributed by atoms with Crippen molar-refractivity contribution in [2.45, 2.75) is 66.4 Å². The highest BCUT2D eigenvalue weighted by molar-refractivity contribution is 4.93. The van der Waals surface area contributed by atoms with E-state index in [4.69, 9.17) is 0 Å². The van der Waals surface area contributed by atoms with Gasteiger partial charge < -0.3 is 10.0 Å². The summed E-state index contributed by atoms with van der Waals surface area (Å²) < 4.78 is 0. The lowest BCUT2D eigenvalue weighted by Gasteiger charge is -2.48. The fraction of sp³-hybridized carbons (Fsp3) is 1.00. The molecule has 2 aliphatic heterocycles. The summed E-state index contributed by atoms with van der Waals surface area (Å²) >= 11 is 0. The predicted molar refractivity (Wildman–Crippen MR) is 94.1 cm³/mol. The van der Waals surface area contributed by atoms with Crippen molar-refractivity contribution >= 4 is 0 Å². The number of likely N-dealkylation sites (tertiary alicyclic amines) is 2. The van der Waals surface area contributed by atoms with Crippen LogP contribution in [0.25, 0.3) is 0 Å². The number of hydrogen-bond donors (Lipinski definition) is 1. The summed E-state index contributed by atoms with van der Waals surface area (Å²) in [5, 5.41) is 10.8. The van der Waals surface area contributed by atoms with Crippen LogP contribution in [0.4, 0.5) is 0 Å². The third-order valence-corrected chi connectivity index (χ3v) is 6.00. The topological polar surface area (TPSA) is 26.7 Å². The van der Waals surface area contributed by atoms with Crippen LogP contribution in [-0.4, -0.2) is 59.8 Å². The Morgan fingerprint density at radius 3 is 2.23 bits per heavy atom. The quantitative estimate of drug-likeness (QED) is 0.782. The predicted octanol–water partition coefficient (Wildman–Crippen LogP) is 3.23. The van der Waals surface area contributed by atoms with Crippen LogP contribution in [0.5, 0.6) is 0 Å². The van der Waals surface area contributed by atoms with E-state index in [2.05, 4.69) is 44.4 Å². The highest BCUT2D eigenvalue weighted by atomic mass is 16.3. The zero-order valence-electron chi connectivity index (χ0n) is 15.8. The monoisotopic (exact) mass is 310 g/mol. The molecule has 0 bridgehead atoms. The lowest BCUT2D eigenvalue weighted by Crippen LogP contribution is -2.57. The maximum atomic E-state index is 10.8.